The van der Waals surface area contributed by atoms with E-state index in [9.17, 15) is 4.79 Å². The third-order valence-corrected chi connectivity index (χ3v) is 5.80. The van der Waals surface area contributed by atoms with Crippen LogP contribution < -0.4 is 4.90 Å². The molecule has 0 saturated carbocycles. The van der Waals surface area contributed by atoms with Crippen LogP contribution >= 0.6 is 24.0 Å². The van der Waals surface area contributed by atoms with Gasteiger partial charge in [0.1, 0.15) is 11.5 Å². The zero-order valence-corrected chi connectivity index (χ0v) is 16.6. The van der Waals surface area contributed by atoms with Gasteiger partial charge in [-0.1, -0.05) is 60.4 Å². The molecule has 27 heavy (non-hydrogen) atoms. The van der Waals surface area contributed by atoms with Crippen molar-refractivity contribution in [1.82, 2.24) is 0 Å². The highest BCUT2D eigenvalue weighted by Crippen LogP contribution is 2.37. The van der Waals surface area contributed by atoms with Gasteiger partial charge in [0, 0.05) is 11.6 Å². The lowest BCUT2D eigenvalue weighted by molar-refractivity contribution is -0.113. The van der Waals surface area contributed by atoms with Gasteiger partial charge in [-0.2, -0.15) is 0 Å². The van der Waals surface area contributed by atoms with Gasteiger partial charge >= 0.3 is 0 Å². The molecular formula is C22H17NO2S2. The van der Waals surface area contributed by atoms with Gasteiger partial charge in [-0.05, 0) is 49.2 Å². The van der Waals surface area contributed by atoms with Gasteiger partial charge in [-0.15, -0.1) is 0 Å². The van der Waals surface area contributed by atoms with Gasteiger partial charge in [0.05, 0.1) is 10.6 Å². The molecule has 2 aromatic carbocycles. The Labute approximate surface area is 167 Å². The first-order valence-corrected chi connectivity index (χ1v) is 9.76. The van der Waals surface area contributed by atoms with E-state index >= 15 is 0 Å². The summed E-state index contributed by atoms with van der Waals surface area (Å²) in [5, 5.41) is 0. The molecule has 3 aromatic rings. The summed E-state index contributed by atoms with van der Waals surface area (Å²) in [6, 6.07) is 19.6. The quantitative estimate of drug-likeness (QED) is 0.407. The van der Waals surface area contributed by atoms with Crippen LogP contribution in [0, 0.1) is 13.8 Å². The number of rotatable bonds is 3. The number of carbonyl (C=O) groups is 1. The van der Waals surface area contributed by atoms with Crippen molar-refractivity contribution in [2.75, 3.05) is 4.90 Å². The number of anilines is 1. The Morgan fingerprint density at radius 1 is 1.00 bits per heavy atom. The molecule has 1 aliphatic heterocycles. The van der Waals surface area contributed by atoms with E-state index in [-0.39, 0.29) is 5.91 Å². The van der Waals surface area contributed by atoms with Gasteiger partial charge in [0.2, 0.25) is 0 Å². The monoisotopic (exact) mass is 391 g/mol. The maximum atomic E-state index is 12.9. The maximum absolute atomic E-state index is 12.9. The van der Waals surface area contributed by atoms with E-state index in [1.807, 2.05) is 74.5 Å². The van der Waals surface area contributed by atoms with Crippen molar-refractivity contribution < 1.29 is 9.21 Å². The summed E-state index contributed by atoms with van der Waals surface area (Å²) in [7, 11) is 0. The SMILES string of the molecule is Cc1ccc(N2C(=O)/C(=C\c3ccc(-c4ccccc4)o3)SC2=S)cc1C. The number of furan rings is 1. The van der Waals surface area contributed by atoms with Crippen LogP contribution in [0.1, 0.15) is 16.9 Å². The molecular weight excluding hydrogens is 374 g/mol. The molecule has 134 valence electrons. The van der Waals surface area contributed by atoms with Crippen LogP contribution in [0.25, 0.3) is 17.4 Å². The maximum Gasteiger partial charge on any atom is 0.270 e. The molecule has 2 heterocycles. The molecule has 1 amide bonds. The Morgan fingerprint density at radius 2 is 1.78 bits per heavy atom. The van der Waals surface area contributed by atoms with Gasteiger partial charge in [-0.3, -0.25) is 9.69 Å². The molecule has 0 aliphatic carbocycles. The predicted molar refractivity (Wildman–Crippen MR) is 116 cm³/mol. The Balaban J connectivity index is 1.62. The topological polar surface area (TPSA) is 33.5 Å². The molecule has 4 rings (SSSR count). The summed E-state index contributed by atoms with van der Waals surface area (Å²) in [6.07, 6.45) is 1.76. The first kappa shape index (κ1) is 17.8. The summed E-state index contributed by atoms with van der Waals surface area (Å²) in [4.78, 5) is 15.0. The number of carbonyl (C=O) groups excluding carboxylic acids is 1. The van der Waals surface area contributed by atoms with Gasteiger partial charge in [0.15, 0.2) is 4.32 Å². The van der Waals surface area contributed by atoms with Crippen molar-refractivity contribution in [3.05, 3.63) is 82.5 Å². The minimum absolute atomic E-state index is 0.120. The predicted octanol–water partition coefficient (Wildman–Crippen LogP) is 5.97. The summed E-state index contributed by atoms with van der Waals surface area (Å²) >= 11 is 6.74. The van der Waals surface area contributed by atoms with E-state index in [1.165, 1.54) is 17.3 Å². The first-order valence-electron chi connectivity index (χ1n) is 8.53. The molecule has 3 nitrogen and oxygen atoms in total. The zero-order chi connectivity index (χ0) is 19.0. The fourth-order valence-corrected chi connectivity index (χ4v) is 4.15. The number of amides is 1. The van der Waals surface area contributed by atoms with Crippen LogP contribution in [0.3, 0.4) is 0 Å². The standard InChI is InChI=1S/C22H17NO2S2/c1-14-8-9-17(12-15(14)2)23-21(24)20(27-22(23)26)13-18-10-11-19(25-18)16-6-4-3-5-7-16/h3-13H,1-2H3/b20-13+. The van der Waals surface area contributed by atoms with E-state index in [2.05, 4.69) is 0 Å². The fraction of sp³-hybridized carbons (Fsp3) is 0.0909. The van der Waals surface area contributed by atoms with Crippen LogP contribution in [0.2, 0.25) is 0 Å². The smallest absolute Gasteiger partial charge is 0.270 e. The molecule has 5 heteroatoms. The molecule has 0 spiro atoms. The van der Waals surface area contributed by atoms with Crippen LogP contribution in [0.5, 0.6) is 0 Å². The number of thiocarbonyl (C=S) groups is 1. The lowest BCUT2D eigenvalue weighted by Crippen LogP contribution is -2.27. The number of hydrogen-bond acceptors (Lipinski definition) is 4. The number of nitrogens with zero attached hydrogens (tertiary/aromatic N) is 1. The van der Waals surface area contributed by atoms with Crippen LogP contribution in [-0.2, 0) is 4.79 Å². The lowest BCUT2D eigenvalue weighted by atomic mass is 10.1. The van der Waals surface area contributed by atoms with Crippen LogP contribution in [0.4, 0.5) is 5.69 Å². The van der Waals surface area contributed by atoms with Gasteiger partial charge < -0.3 is 4.42 Å². The average molecular weight is 392 g/mol. The third kappa shape index (κ3) is 3.48. The van der Waals surface area contributed by atoms with Gasteiger partial charge in [0.25, 0.3) is 5.91 Å². The molecule has 1 fully saturated rings. The second-order valence-electron chi connectivity index (χ2n) is 6.35. The molecule has 1 aromatic heterocycles. The molecule has 0 atom stereocenters. The van der Waals surface area contributed by atoms with Gasteiger partial charge in [-0.25, -0.2) is 0 Å². The minimum Gasteiger partial charge on any atom is -0.457 e. The van der Waals surface area contributed by atoms with E-state index in [0.717, 1.165) is 22.6 Å². The zero-order valence-electron chi connectivity index (χ0n) is 14.9. The van der Waals surface area contributed by atoms with Crippen LogP contribution in [0.15, 0.2) is 70.0 Å². The van der Waals surface area contributed by atoms with Crippen molar-refractivity contribution >= 4 is 46.0 Å². The second kappa shape index (κ2) is 7.18. The Hall–Kier alpha value is -2.63. The highest BCUT2D eigenvalue weighted by atomic mass is 32.2. The summed E-state index contributed by atoms with van der Waals surface area (Å²) in [5.74, 6) is 1.28. The molecule has 0 unspecified atom stereocenters. The summed E-state index contributed by atoms with van der Waals surface area (Å²) in [6.45, 7) is 4.07. The van der Waals surface area contributed by atoms with Crippen molar-refractivity contribution in [3.8, 4) is 11.3 Å². The average Bonchev–Trinajstić information content (AvgIpc) is 3.23. The number of benzene rings is 2. The Morgan fingerprint density at radius 3 is 2.52 bits per heavy atom. The molecule has 0 radical (unpaired) electrons. The largest absolute Gasteiger partial charge is 0.457 e. The Bertz CT molecular complexity index is 1070. The number of hydrogen-bond donors (Lipinski definition) is 0. The van der Waals surface area contributed by atoms with Crippen molar-refractivity contribution in [2.45, 2.75) is 13.8 Å². The van der Waals surface area contributed by atoms with E-state index < -0.39 is 0 Å². The van der Waals surface area contributed by atoms with Crippen LogP contribution in [-0.4, -0.2) is 10.2 Å². The fourth-order valence-electron chi connectivity index (χ4n) is 2.87. The minimum atomic E-state index is -0.120. The summed E-state index contributed by atoms with van der Waals surface area (Å²) in [5.41, 5.74) is 4.11. The molecule has 1 aliphatic rings. The second-order valence-corrected chi connectivity index (χ2v) is 8.03. The van der Waals surface area contributed by atoms with Crippen molar-refractivity contribution in [1.29, 1.82) is 0 Å². The normalized spacial score (nSPS) is 15.8. The number of thioether (sulfide) groups is 1. The third-order valence-electron chi connectivity index (χ3n) is 4.50. The molecule has 1 saturated heterocycles. The van der Waals surface area contributed by atoms with E-state index in [0.29, 0.717) is 15.0 Å². The Kier molecular flexibility index (Phi) is 4.72. The summed E-state index contributed by atoms with van der Waals surface area (Å²) < 4.78 is 6.42. The highest BCUT2D eigenvalue weighted by Gasteiger charge is 2.33. The molecule has 0 bridgehead atoms. The molecule has 0 N–H and O–H groups in total. The lowest BCUT2D eigenvalue weighted by Gasteiger charge is -2.15. The highest BCUT2D eigenvalue weighted by molar-refractivity contribution is 8.27. The van der Waals surface area contributed by atoms with E-state index in [4.69, 9.17) is 16.6 Å². The van der Waals surface area contributed by atoms with E-state index in [1.54, 1.807) is 11.0 Å². The number of aryl methyl sites for hydroxylation is 2. The van der Waals surface area contributed by atoms with Crippen molar-refractivity contribution in [2.24, 2.45) is 0 Å². The van der Waals surface area contributed by atoms with Crippen molar-refractivity contribution in [3.63, 3.8) is 0 Å². The first-order chi connectivity index (χ1) is 13.0.